The predicted molar refractivity (Wildman–Crippen MR) is 211 cm³/mol. The molecule has 3 aliphatic rings. The van der Waals surface area contributed by atoms with E-state index in [1.54, 1.807) is 6.33 Å². The number of alkyl halides is 3. The van der Waals surface area contributed by atoms with E-state index in [9.17, 15) is 8.78 Å². The number of hydrogen-bond acceptors (Lipinski definition) is 8. The highest BCUT2D eigenvalue weighted by Gasteiger charge is 2.30. The number of fused-ring (bicyclic) bond motifs is 2. The van der Waals surface area contributed by atoms with Gasteiger partial charge in [0.25, 0.3) is 0 Å². The summed E-state index contributed by atoms with van der Waals surface area (Å²) in [5, 5.41) is 5.68. The molecule has 1 fully saturated rings. The summed E-state index contributed by atoms with van der Waals surface area (Å²) in [6, 6.07) is 11.0. The molecular formula is C40H45Cl2F2N9. The molecule has 53 heavy (non-hydrogen) atoms. The third-order valence-corrected chi connectivity index (χ3v) is 10.5. The van der Waals surface area contributed by atoms with Crippen LogP contribution >= 0.6 is 23.2 Å². The average Bonchev–Trinajstić information content (AvgIpc) is 3.79. The van der Waals surface area contributed by atoms with Crippen LogP contribution in [0.5, 0.6) is 0 Å². The summed E-state index contributed by atoms with van der Waals surface area (Å²) in [5.41, 5.74) is 18.0. The molecule has 0 bridgehead atoms. The standard InChI is InChI=1S/C32H38N8.C8H7Cl2F2N/c1-7-28-30(39-15-13-38(14-16-39)23(5)29-21(3)22(4)34-19-35-29)24(6)40-32(20(2)18-33-28)36-31(37-40)27-12-11-25-9-8-10-26(25)17-27;9-6-3-5(1-2-7(6)13)4-8(10,11)12/h11-12,17,19,33H,2,5-10,13-16,18H2,1,3-4H3;1-3H,4,13H2/b30-28+;. The van der Waals surface area contributed by atoms with Gasteiger partial charge in [0.1, 0.15) is 6.33 Å². The highest BCUT2D eigenvalue weighted by atomic mass is 35.5. The van der Waals surface area contributed by atoms with Gasteiger partial charge in [0.05, 0.1) is 39.9 Å². The molecule has 278 valence electrons. The van der Waals surface area contributed by atoms with Gasteiger partial charge in [-0.15, -0.1) is 5.10 Å². The van der Waals surface area contributed by atoms with E-state index in [1.807, 2.05) is 11.6 Å². The number of allylic oxidation sites excluding steroid dienone is 2. The highest BCUT2D eigenvalue weighted by Crippen LogP contribution is 2.33. The number of benzene rings is 2. The zero-order valence-electron chi connectivity index (χ0n) is 30.5. The lowest BCUT2D eigenvalue weighted by atomic mass is 10.1. The molecule has 13 heteroatoms. The lowest BCUT2D eigenvalue weighted by molar-refractivity contribution is 0.0969. The van der Waals surface area contributed by atoms with Crippen molar-refractivity contribution in [1.82, 2.24) is 39.8 Å². The van der Waals surface area contributed by atoms with Crippen LogP contribution < -0.4 is 11.1 Å². The van der Waals surface area contributed by atoms with Crippen molar-refractivity contribution >= 4 is 45.9 Å². The van der Waals surface area contributed by atoms with Gasteiger partial charge in [-0.2, -0.15) is 8.78 Å². The third-order valence-electron chi connectivity index (χ3n) is 10.0. The smallest absolute Gasteiger partial charge is 0.325 e. The van der Waals surface area contributed by atoms with E-state index >= 15 is 0 Å². The van der Waals surface area contributed by atoms with E-state index < -0.39 is 11.8 Å². The molecule has 7 rings (SSSR count). The van der Waals surface area contributed by atoms with Crippen LogP contribution in [0.3, 0.4) is 0 Å². The Morgan fingerprint density at radius 3 is 2.45 bits per heavy atom. The minimum absolute atomic E-state index is 0.262. The molecule has 1 aliphatic carbocycles. The Morgan fingerprint density at radius 1 is 1.02 bits per heavy atom. The molecule has 2 aromatic heterocycles. The zero-order valence-corrected chi connectivity index (χ0v) is 32.0. The molecule has 0 saturated carbocycles. The zero-order chi connectivity index (χ0) is 38.0. The number of nitrogens with zero attached hydrogens (tertiary/aromatic N) is 7. The molecule has 0 radical (unpaired) electrons. The number of rotatable bonds is 7. The molecule has 9 nitrogen and oxygen atoms in total. The van der Waals surface area contributed by atoms with Gasteiger partial charge >= 0.3 is 5.38 Å². The van der Waals surface area contributed by atoms with Gasteiger partial charge in [0.15, 0.2) is 11.6 Å². The molecule has 2 aromatic carbocycles. The fraction of sp³-hybridized carbons (Fsp3) is 0.350. The van der Waals surface area contributed by atoms with E-state index in [4.69, 9.17) is 39.0 Å². The molecular weight excluding hydrogens is 715 g/mol. The van der Waals surface area contributed by atoms with Crippen molar-refractivity contribution in [3.8, 4) is 11.4 Å². The third kappa shape index (κ3) is 8.41. The van der Waals surface area contributed by atoms with Crippen LogP contribution in [0.15, 0.2) is 73.9 Å². The first-order valence-electron chi connectivity index (χ1n) is 17.8. The number of aryl methyl sites for hydroxylation is 3. The number of halogens is 4. The number of nitrogen functional groups attached to an aromatic ring is 1. The van der Waals surface area contributed by atoms with E-state index in [0.29, 0.717) is 17.8 Å². The van der Waals surface area contributed by atoms with Gasteiger partial charge < -0.3 is 20.9 Å². The second kappa shape index (κ2) is 15.7. The Morgan fingerprint density at radius 2 is 1.75 bits per heavy atom. The number of nitrogens with two attached hydrogens (primary N) is 1. The van der Waals surface area contributed by atoms with Crippen molar-refractivity contribution in [1.29, 1.82) is 0 Å². The van der Waals surface area contributed by atoms with Gasteiger partial charge in [0, 0.05) is 55.3 Å². The lowest BCUT2D eigenvalue weighted by Gasteiger charge is -2.40. The Balaban J connectivity index is 0.000000314. The van der Waals surface area contributed by atoms with Crippen LogP contribution in [-0.2, 0) is 19.3 Å². The van der Waals surface area contributed by atoms with Crippen LogP contribution in [0.4, 0.5) is 14.5 Å². The van der Waals surface area contributed by atoms with Gasteiger partial charge in [-0.05, 0) is 91.6 Å². The van der Waals surface area contributed by atoms with Gasteiger partial charge in [-0.25, -0.2) is 19.6 Å². The van der Waals surface area contributed by atoms with E-state index in [2.05, 4.69) is 76.9 Å². The van der Waals surface area contributed by atoms with Crippen LogP contribution in [-0.4, -0.2) is 72.6 Å². The van der Waals surface area contributed by atoms with Crippen LogP contribution in [0.25, 0.3) is 28.4 Å². The highest BCUT2D eigenvalue weighted by molar-refractivity contribution is 6.33. The van der Waals surface area contributed by atoms with Gasteiger partial charge in [0.2, 0.25) is 0 Å². The largest absolute Gasteiger partial charge is 0.398 e. The van der Waals surface area contributed by atoms with Crippen LogP contribution in [0, 0.1) is 13.8 Å². The second-order valence-electron chi connectivity index (χ2n) is 13.6. The van der Waals surface area contributed by atoms with Gasteiger partial charge in [-0.3, -0.25) is 0 Å². The lowest BCUT2D eigenvalue weighted by Crippen LogP contribution is -2.46. The normalized spacial score (nSPS) is 17.3. The second-order valence-corrected chi connectivity index (χ2v) is 14.6. The fourth-order valence-corrected chi connectivity index (χ4v) is 7.33. The summed E-state index contributed by atoms with van der Waals surface area (Å²) in [6.07, 6.45) is 5.45. The summed E-state index contributed by atoms with van der Waals surface area (Å²) in [5.74, 6) is 1.49. The predicted octanol–water partition coefficient (Wildman–Crippen LogP) is 8.13. The van der Waals surface area contributed by atoms with Crippen molar-refractivity contribution < 1.29 is 8.78 Å². The molecule has 3 N–H and O–H groups in total. The summed E-state index contributed by atoms with van der Waals surface area (Å²) >= 11 is 10.4. The molecule has 1 saturated heterocycles. The Labute approximate surface area is 319 Å². The molecule has 2 aliphatic heterocycles. The summed E-state index contributed by atoms with van der Waals surface area (Å²) in [7, 11) is 0. The van der Waals surface area contributed by atoms with Crippen molar-refractivity contribution in [2.45, 2.75) is 58.3 Å². The maximum absolute atomic E-state index is 12.3. The molecule has 4 aromatic rings. The van der Waals surface area contributed by atoms with Crippen LogP contribution in [0.1, 0.15) is 59.2 Å². The maximum Gasteiger partial charge on any atom is 0.325 e. The minimum atomic E-state index is -3.24. The molecule has 4 heterocycles. The Hall–Kier alpha value is -4.74. The average molecular weight is 761 g/mol. The fourth-order valence-electron chi connectivity index (χ4n) is 6.97. The van der Waals surface area contributed by atoms with E-state index in [0.717, 1.165) is 108 Å². The number of piperazine rings is 1. The molecule has 0 unspecified atom stereocenters. The minimum Gasteiger partial charge on any atom is -0.398 e. The summed E-state index contributed by atoms with van der Waals surface area (Å²) in [6.45, 7) is 23.5. The molecule has 0 amide bonds. The SMILES string of the molecule is C=C1CN/C(CC)=C(/N2CCN(C(=C)c3ncnc(C)c3C)CC2)C(=C)n2nc(-c3ccc4c(c3)CCC4)nc21.Nc1ccc(CC(F)(F)Cl)cc1Cl. The van der Waals surface area contributed by atoms with E-state index in [1.165, 1.54) is 35.7 Å². The quantitative estimate of drug-likeness (QED) is 0.144. The van der Waals surface area contributed by atoms with Gasteiger partial charge in [-0.1, -0.05) is 56.5 Å². The Bertz CT molecular complexity index is 2090. The monoisotopic (exact) mass is 759 g/mol. The first kappa shape index (κ1) is 38.0. The topological polar surface area (TPSA) is 101 Å². The van der Waals surface area contributed by atoms with Crippen molar-refractivity contribution in [2.24, 2.45) is 0 Å². The summed E-state index contributed by atoms with van der Waals surface area (Å²) < 4.78 is 26.6. The van der Waals surface area contributed by atoms with E-state index in [-0.39, 0.29) is 5.02 Å². The van der Waals surface area contributed by atoms with Crippen molar-refractivity contribution in [2.75, 3.05) is 38.5 Å². The van der Waals surface area contributed by atoms with Crippen molar-refractivity contribution in [3.05, 3.63) is 118 Å². The number of anilines is 1. The summed E-state index contributed by atoms with van der Waals surface area (Å²) in [4.78, 5) is 18.6. The molecule has 0 atom stereocenters. The number of hydrogen-bond donors (Lipinski definition) is 2. The first-order chi connectivity index (χ1) is 25.2. The maximum atomic E-state index is 12.3. The van der Waals surface area contributed by atoms with Crippen molar-refractivity contribution in [3.63, 3.8) is 0 Å². The number of aromatic nitrogens is 5. The number of nitrogens with one attached hydrogen (secondary N) is 1. The molecule has 0 spiro atoms. The van der Waals surface area contributed by atoms with Crippen LogP contribution in [0.2, 0.25) is 5.02 Å². The first-order valence-corrected chi connectivity index (χ1v) is 18.5. The Kier molecular flexibility index (Phi) is 11.3.